The van der Waals surface area contributed by atoms with Crippen LogP contribution < -0.4 is 5.32 Å². The summed E-state index contributed by atoms with van der Waals surface area (Å²) in [6.07, 6.45) is 0. The molecule has 0 radical (unpaired) electrons. The lowest BCUT2D eigenvalue weighted by molar-refractivity contribution is -0.117. The van der Waals surface area contributed by atoms with Gasteiger partial charge in [-0.1, -0.05) is 11.6 Å². The average Bonchev–Trinajstić information content (AvgIpc) is 2.84. The molecule has 2 rings (SSSR count). The van der Waals surface area contributed by atoms with E-state index >= 15 is 0 Å². The highest BCUT2D eigenvalue weighted by molar-refractivity contribution is 7.07. The van der Waals surface area contributed by atoms with Crippen molar-refractivity contribution >= 4 is 34.5 Å². The number of likely N-dealkylation sites (N-methyl/N-ethyl adjacent to an activating group) is 1. The summed E-state index contributed by atoms with van der Waals surface area (Å²) in [4.78, 5) is 13.8. The molecular formula is C14H15ClN2OS. The molecule has 0 aliphatic carbocycles. The Morgan fingerprint density at radius 3 is 2.68 bits per heavy atom. The molecule has 2 aromatic rings. The van der Waals surface area contributed by atoms with E-state index in [-0.39, 0.29) is 5.91 Å². The smallest absolute Gasteiger partial charge is 0.238 e. The molecule has 0 bridgehead atoms. The van der Waals surface area contributed by atoms with Crippen LogP contribution in [0.1, 0.15) is 5.56 Å². The zero-order chi connectivity index (χ0) is 13.7. The molecule has 100 valence electrons. The van der Waals surface area contributed by atoms with Crippen LogP contribution in [0.2, 0.25) is 5.02 Å². The van der Waals surface area contributed by atoms with Crippen LogP contribution in [0.15, 0.2) is 41.1 Å². The number of nitrogens with zero attached hydrogens (tertiary/aromatic N) is 1. The third kappa shape index (κ3) is 4.67. The van der Waals surface area contributed by atoms with Crippen LogP contribution in [0.5, 0.6) is 0 Å². The Kier molecular flexibility index (Phi) is 4.96. The zero-order valence-corrected chi connectivity index (χ0v) is 12.2. The molecule has 1 aromatic carbocycles. The van der Waals surface area contributed by atoms with E-state index in [0.717, 1.165) is 12.2 Å². The Morgan fingerprint density at radius 1 is 1.32 bits per heavy atom. The van der Waals surface area contributed by atoms with E-state index in [9.17, 15) is 4.79 Å². The van der Waals surface area contributed by atoms with E-state index in [0.29, 0.717) is 11.6 Å². The molecule has 0 saturated carbocycles. The summed E-state index contributed by atoms with van der Waals surface area (Å²) in [6.45, 7) is 1.13. The summed E-state index contributed by atoms with van der Waals surface area (Å²) in [5.41, 5.74) is 1.99. The second-order valence-electron chi connectivity index (χ2n) is 4.36. The standard InChI is InChI=1S/C14H15ClN2OS/c1-17(8-11-6-7-19-10-11)9-14(18)16-13-4-2-12(15)3-5-13/h2-7,10H,8-9H2,1H3,(H,16,18). The van der Waals surface area contributed by atoms with E-state index in [1.165, 1.54) is 5.56 Å². The van der Waals surface area contributed by atoms with Gasteiger partial charge in [-0.05, 0) is 53.7 Å². The summed E-state index contributed by atoms with van der Waals surface area (Å²) in [7, 11) is 1.93. The second-order valence-corrected chi connectivity index (χ2v) is 5.58. The second kappa shape index (κ2) is 6.70. The van der Waals surface area contributed by atoms with Gasteiger partial charge in [-0.25, -0.2) is 0 Å². The Balaban J connectivity index is 1.82. The number of hydrogen-bond acceptors (Lipinski definition) is 3. The molecule has 1 N–H and O–H groups in total. The van der Waals surface area contributed by atoms with E-state index in [1.54, 1.807) is 35.6 Å². The first-order valence-corrected chi connectivity index (χ1v) is 7.20. The summed E-state index contributed by atoms with van der Waals surface area (Å²) in [5.74, 6) is -0.0277. The molecule has 3 nitrogen and oxygen atoms in total. The van der Waals surface area contributed by atoms with Gasteiger partial charge < -0.3 is 5.32 Å². The molecule has 1 amide bonds. The van der Waals surface area contributed by atoms with Gasteiger partial charge in [0.1, 0.15) is 0 Å². The maximum Gasteiger partial charge on any atom is 0.238 e. The van der Waals surface area contributed by atoms with E-state index < -0.39 is 0 Å². The van der Waals surface area contributed by atoms with Crippen molar-refractivity contribution in [3.05, 3.63) is 51.7 Å². The average molecular weight is 295 g/mol. The van der Waals surface area contributed by atoms with Gasteiger partial charge in [-0.15, -0.1) is 0 Å². The first kappa shape index (κ1) is 14.1. The molecule has 0 aliphatic heterocycles. The largest absolute Gasteiger partial charge is 0.325 e. The first-order valence-electron chi connectivity index (χ1n) is 5.88. The number of hydrogen-bond donors (Lipinski definition) is 1. The van der Waals surface area contributed by atoms with Crippen LogP contribution in [0.25, 0.3) is 0 Å². The number of thiophene rings is 1. The Morgan fingerprint density at radius 2 is 2.05 bits per heavy atom. The van der Waals surface area contributed by atoms with Crippen LogP contribution in [-0.2, 0) is 11.3 Å². The summed E-state index contributed by atoms with van der Waals surface area (Å²) in [5, 5.41) is 7.63. The minimum atomic E-state index is -0.0277. The third-order valence-corrected chi connectivity index (χ3v) is 3.56. The van der Waals surface area contributed by atoms with Crippen LogP contribution >= 0.6 is 22.9 Å². The lowest BCUT2D eigenvalue weighted by atomic mass is 10.3. The molecule has 5 heteroatoms. The first-order chi connectivity index (χ1) is 9.13. The number of benzene rings is 1. The summed E-state index contributed by atoms with van der Waals surface area (Å²) >= 11 is 7.46. The van der Waals surface area contributed by atoms with Crippen molar-refractivity contribution in [1.82, 2.24) is 4.90 Å². The third-order valence-electron chi connectivity index (χ3n) is 2.57. The minimum Gasteiger partial charge on any atom is -0.325 e. The predicted octanol–water partition coefficient (Wildman–Crippen LogP) is 3.47. The number of amides is 1. The van der Waals surface area contributed by atoms with Crippen LogP contribution in [0.3, 0.4) is 0 Å². The van der Waals surface area contributed by atoms with Crippen LogP contribution in [-0.4, -0.2) is 24.4 Å². The van der Waals surface area contributed by atoms with Crippen LogP contribution in [0.4, 0.5) is 5.69 Å². The van der Waals surface area contributed by atoms with Crippen molar-refractivity contribution in [3.63, 3.8) is 0 Å². The van der Waals surface area contributed by atoms with Gasteiger partial charge in [0.05, 0.1) is 6.54 Å². The molecule has 0 saturated heterocycles. The summed E-state index contributed by atoms with van der Waals surface area (Å²) in [6, 6.07) is 9.16. The number of nitrogens with one attached hydrogen (secondary N) is 1. The number of anilines is 1. The van der Waals surface area contributed by atoms with Crippen LogP contribution in [0, 0.1) is 0 Å². The SMILES string of the molecule is CN(CC(=O)Nc1ccc(Cl)cc1)Cc1ccsc1. The van der Waals surface area contributed by atoms with Gasteiger partial charge in [-0.2, -0.15) is 11.3 Å². The maximum absolute atomic E-state index is 11.9. The van der Waals surface area contributed by atoms with Gasteiger partial charge in [-0.3, -0.25) is 9.69 Å². The number of rotatable bonds is 5. The fourth-order valence-electron chi connectivity index (χ4n) is 1.73. The Bertz CT molecular complexity index is 525. The number of halogens is 1. The number of carbonyl (C=O) groups is 1. The quantitative estimate of drug-likeness (QED) is 0.916. The zero-order valence-electron chi connectivity index (χ0n) is 10.6. The molecule has 1 heterocycles. The van der Waals surface area contributed by atoms with E-state index in [2.05, 4.69) is 16.8 Å². The van der Waals surface area contributed by atoms with Gasteiger partial charge in [0, 0.05) is 17.3 Å². The molecule has 0 unspecified atom stereocenters. The van der Waals surface area contributed by atoms with Gasteiger partial charge >= 0.3 is 0 Å². The molecular weight excluding hydrogens is 280 g/mol. The molecule has 0 atom stereocenters. The Hall–Kier alpha value is -1.36. The highest BCUT2D eigenvalue weighted by Gasteiger charge is 2.07. The van der Waals surface area contributed by atoms with Crippen molar-refractivity contribution in [2.45, 2.75) is 6.54 Å². The van der Waals surface area contributed by atoms with Gasteiger partial charge in [0.25, 0.3) is 0 Å². The minimum absolute atomic E-state index is 0.0277. The van der Waals surface area contributed by atoms with Crippen molar-refractivity contribution in [2.24, 2.45) is 0 Å². The van der Waals surface area contributed by atoms with Crippen molar-refractivity contribution in [3.8, 4) is 0 Å². The highest BCUT2D eigenvalue weighted by atomic mass is 35.5. The number of carbonyl (C=O) groups excluding carboxylic acids is 1. The van der Waals surface area contributed by atoms with E-state index in [4.69, 9.17) is 11.6 Å². The lowest BCUT2D eigenvalue weighted by Gasteiger charge is -2.15. The maximum atomic E-state index is 11.9. The Labute approximate surface area is 121 Å². The topological polar surface area (TPSA) is 32.3 Å². The van der Waals surface area contributed by atoms with Gasteiger partial charge in [0.2, 0.25) is 5.91 Å². The normalized spacial score (nSPS) is 10.7. The summed E-state index contributed by atoms with van der Waals surface area (Å²) < 4.78 is 0. The molecule has 1 aromatic heterocycles. The van der Waals surface area contributed by atoms with Crippen molar-refractivity contribution in [2.75, 3.05) is 18.9 Å². The fourth-order valence-corrected chi connectivity index (χ4v) is 2.51. The monoisotopic (exact) mass is 294 g/mol. The van der Waals surface area contributed by atoms with Crippen molar-refractivity contribution in [1.29, 1.82) is 0 Å². The van der Waals surface area contributed by atoms with E-state index in [1.807, 2.05) is 17.3 Å². The lowest BCUT2D eigenvalue weighted by Crippen LogP contribution is -2.29. The van der Waals surface area contributed by atoms with Gasteiger partial charge in [0.15, 0.2) is 0 Å². The molecule has 0 aliphatic rings. The molecule has 0 fully saturated rings. The van der Waals surface area contributed by atoms with Crippen molar-refractivity contribution < 1.29 is 4.79 Å². The highest BCUT2D eigenvalue weighted by Crippen LogP contribution is 2.13. The molecule has 19 heavy (non-hydrogen) atoms. The fraction of sp³-hybridized carbons (Fsp3) is 0.214. The molecule has 0 spiro atoms. The predicted molar refractivity (Wildman–Crippen MR) is 80.7 cm³/mol.